The summed E-state index contributed by atoms with van der Waals surface area (Å²) in [5.41, 5.74) is 0.441. The van der Waals surface area contributed by atoms with Crippen LogP contribution in [0.4, 0.5) is 0 Å². The minimum Gasteiger partial charge on any atom is -0.493 e. The number of pyridine rings is 1. The highest BCUT2D eigenvalue weighted by Crippen LogP contribution is 2.27. The average Bonchev–Trinajstić information content (AvgIpc) is 2.81. The van der Waals surface area contributed by atoms with E-state index in [0.29, 0.717) is 16.5 Å². The van der Waals surface area contributed by atoms with E-state index < -0.39 is 0 Å². The molecule has 0 aromatic carbocycles. The van der Waals surface area contributed by atoms with Crippen molar-refractivity contribution in [3.8, 4) is 5.75 Å². The number of nitrogens with zero attached hydrogens (tertiary/aromatic N) is 3. The zero-order chi connectivity index (χ0) is 14.9. The van der Waals surface area contributed by atoms with Crippen molar-refractivity contribution in [2.45, 2.75) is 19.9 Å². The lowest BCUT2D eigenvalue weighted by molar-refractivity contribution is 0.102. The molecule has 0 amide bonds. The second-order valence-corrected chi connectivity index (χ2v) is 5.26. The van der Waals surface area contributed by atoms with Crippen LogP contribution in [0.2, 0.25) is 10.0 Å². The Morgan fingerprint density at radius 1 is 1.35 bits per heavy atom. The van der Waals surface area contributed by atoms with Crippen LogP contribution in [-0.2, 0) is 0 Å². The minimum absolute atomic E-state index is 0.00363. The summed E-state index contributed by atoms with van der Waals surface area (Å²) in [7, 11) is 1.48. The molecule has 0 spiro atoms. The van der Waals surface area contributed by atoms with Crippen LogP contribution in [0.5, 0.6) is 5.75 Å². The lowest BCUT2D eigenvalue weighted by atomic mass is 10.1. The van der Waals surface area contributed by atoms with Crippen molar-refractivity contribution in [1.82, 2.24) is 14.8 Å². The normalized spacial score (nSPS) is 10.9. The number of aromatic nitrogens is 3. The van der Waals surface area contributed by atoms with E-state index >= 15 is 0 Å². The van der Waals surface area contributed by atoms with Gasteiger partial charge < -0.3 is 4.74 Å². The molecule has 0 saturated carbocycles. The Labute approximate surface area is 126 Å². The van der Waals surface area contributed by atoms with Gasteiger partial charge in [-0.2, -0.15) is 5.10 Å². The first-order valence-corrected chi connectivity index (χ1v) is 6.68. The van der Waals surface area contributed by atoms with Crippen molar-refractivity contribution >= 4 is 29.0 Å². The van der Waals surface area contributed by atoms with E-state index in [-0.39, 0.29) is 22.5 Å². The van der Waals surface area contributed by atoms with Gasteiger partial charge in [-0.05, 0) is 19.9 Å². The van der Waals surface area contributed by atoms with Gasteiger partial charge in [0, 0.05) is 12.2 Å². The van der Waals surface area contributed by atoms with Crippen molar-refractivity contribution in [3.63, 3.8) is 0 Å². The van der Waals surface area contributed by atoms with Crippen LogP contribution in [0.25, 0.3) is 0 Å². The number of hydrogen-bond acceptors (Lipinski definition) is 4. The van der Waals surface area contributed by atoms with Crippen LogP contribution in [0.3, 0.4) is 0 Å². The first-order valence-electron chi connectivity index (χ1n) is 5.93. The molecule has 0 fully saturated rings. The van der Waals surface area contributed by atoms with Gasteiger partial charge >= 0.3 is 0 Å². The summed E-state index contributed by atoms with van der Waals surface area (Å²) >= 11 is 11.8. The Balaban J connectivity index is 2.55. The van der Waals surface area contributed by atoms with Gasteiger partial charge in [0.25, 0.3) is 0 Å². The Morgan fingerprint density at radius 3 is 2.60 bits per heavy atom. The van der Waals surface area contributed by atoms with E-state index in [4.69, 9.17) is 27.9 Å². The predicted octanol–water partition coefficient (Wildman–Crippen LogP) is 3.41. The van der Waals surface area contributed by atoms with E-state index in [0.717, 1.165) is 0 Å². The van der Waals surface area contributed by atoms with Gasteiger partial charge in [-0.15, -0.1) is 0 Å². The van der Waals surface area contributed by atoms with Gasteiger partial charge in [0.05, 0.1) is 23.4 Å². The molecular formula is C13H13Cl2N3O2. The van der Waals surface area contributed by atoms with E-state index in [1.54, 1.807) is 4.68 Å². The first kappa shape index (κ1) is 14.8. The molecule has 0 N–H and O–H groups in total. The van der Waals surface area contributed by atoms with Crippen molar-refractivity contribution < 1.29 is 9.53 Å². The van der Waals surface area contributed by atoms with Crippen LogP contribution in [0.1, 0.15) is 36.1 Å². The van der Waals surface area contributed by atoms with Crippen molar-refractivity contribution in [3.05, 3.63) is 39.9 Å². The van der Waals surface area contributed by atoms with Crippen LogP contribution in [-0.4, -0.2) is 27.7 Å². The second-order valence-electron chi connectivity index (χ2n) is 4.41. The molecule has 0 aliphatic heterocycles. The first-order chi connectivity index (χ1) is 9.45. The fourth-order valence-electron chi connectivity index (χ4n) is 1.80. The molecular weight excluding hydrogens is 301 g/mol. The van der Waals surface area contributed by atoms with E-state index in [9.17, 15) is 4.79 Å². The number of ether oxygens (including phenoxy) is 1. The Bertz CT molecular complexity index is 653. The topological polar surface area (TPSA) is 57.0 Å². The SMILES string of the molecule is COc1cnn(C(C)C)c1C(=O)c1ncc(Cl)cc1Cl. The summed E-state index contributed by atoms with van der Waals surface area (Å²) in [6.07, 6.45) is 2.88. The summed E-state index contributed by atoms with van der Waals surface area (Å²) in [6, 6.07) is 1.48. The van der Waals surface area contributed by atoms with Gasteiger partial charge in [0.1, 0.15) is 5.69 Å². The number of carbonyl (C=O) groups excluding carboxylic acids is 1. The van der Waals surface area contributed by atoms with E-state index in [1.807, 2.05) is 13.8 Å². The molecule has 5 nitrogen and oxygen atoms in total. The molecule has 0 radical (unpaired) electrons. The molecule has 0 unspecified atom stereocenters. The summed E-state index contributed by atoms with van der Waals surface area (Å²) in [6.45, 7) is 3.83. The third kappa shape index (κ3) is 2.64. The zero-order valence-corrected chi connectivity index (χ0v) is 12.7. The van der Waals surface area contributed by atoms with E-state index in [2.05, 4.69) is 10.1 Å². The van der Waals surface area contributed by atoms with Gasteiger partial charge in [-0.1, -0.05) is 23.2 Å². The van der Waals surface area contributed by atoms with Crippen LogP contribution < -0.4 is 4.74 Å². The van der Waals surface area contributed by atoms with Crippen LogP contribution in [0, 0.1) is 0 Å². The largest absolute Gasteiger partial charge is 0.493 e. The van der Waals surface area contributed by atoms with Gasteiger partial charge in [0.15, 0.2) is 11.4 Å². The minimum atomic E-state index is -0.352. The maximum atomic E-state index is 12.6. The van der Waals surface area contributed by atoms with Crippen LogP contribution >= 0.6 is 23.2 Å². The fourth-order valence-corrected chi connectivity index (χ4v) is 2.26. The molecule has 20 heavy (non-hydrogen) atoms. The Hall–Kier alpha value is -1.59. The number of halogens is 2. The summed E-state index contributed by atoms with van der Waals surface area (Å²) in [5, 5.41) is 4.72. The molecule has 0 saturated heterocycles. The van der Waals surface area contributed by atoms with Gasteiger partial charge in [0.2, 0.25) is 5.78 Å². The Morgan fingerprint density at radius 2 is 2.05 bits per heavy atom. The Kier molecular flexibility index (Phi) is 4.30. The molecule has 2 aromatic heterocycles. The molecule has 0 aliphatic rings. The lowest BCUT2D eigenvalue weighted by Gasteiger charge is -2.11. The van der Waals surface area contributed by atoms with Gasteiger partial charge in [-0.3, -0.25) is 9.48 Å². The highest BCUT2D eigenvalue weighted by atomic mass is 35.5. The molecule has 2 rings (SSSR count). The third-order valence-electron chi connectivity index (χ3n) is 2.71. The van der Waals surface area contributed by atoms with Gasteiger partial charge in [-0.25, -0.2) is 4.98 Å². The number of hydrogen-bond donors (Lipinski definition) is 0. The monoisotopic (exact) mass is 313 g/mol. The van der Waals surface area contributed by atoms with Crippen molar-refractivity contribution in [2.75, 3.05) is 7.11 Å². The highest BCUT2D eigenvalue weighted by Gasteiger charge is 2.25. The standard InChI is InChI=1S/C13H13Cl2N3O2/c1-7(2)18-12(10(20-3)6-17-18)13(19)11-9(15)4-8(14)5-16-11/h4-7H,1-3H3. The zero-order valence-electron chi connectivity index (χ0n) is 11.2. The fraction of sp³-hybridized carbons (Fsp3) is 0.308. The summed E-state index contributed by atoms with van der Waals surface area (Å²) in [4.78, 5) is 16.6. The molecule has 2 heterocycles. The summed E-state index contributed by atoms with van der Waals surface area (Å²) < 4.78 is 6.76. The number of methoxy groups -OCH3 is 1. The number of carbonyl (C=O) groups is 1. The van der Waals surface area contributed by atoms with E-state index in [1.165, 1.54) is 25.6 Å². The quantitative estimate of drug-likeness (QED) is 0.812. The maximum absolute atomic E-state index is 12.6. The maximum Gasteiger partial charge on any atom is 0.234 e. The molecule has 0 bridgehead atoms. The number of ketones is 1. The third-order valence-corrected chi connectivity index (χ3v) is 3.20. The smallest absolute Gasteiger partial charge is 0.234 e. The molecule has 0 atom stereocenters. The molecule has 0 aliphatic carbocycles. The molecule has 7 heteroatoms. The van der Waals surface area contributed by atoms with Crippen LogP contribution in [0.15, 0.2) is 18.5 Å². The van der Waals surface area contributed by atoms with Crippen molar-refractivity contribution in [1.29, 1.82) is 0 Å². The second kappa shape index (κ2) is 5.81. The average molecular weight is 314 g/mol. The van der Waals surface area contributed by atoms with Crippen molar-refractivity contribution in [2.24, 2.45) is 0 Å². The summed E-state index contributed by atoms with van der Waals surface area (Å²) in [5.74, 6) is 0.0335. The highest BCUT2D eigenvalue weighted by molar-refractivity contribution is 6.37. The molecule has 106 valence electrons. The predicted molar refractivity (Wildman–Crippen MR) is 76.9 cm³/mol. The molecule has 2 aromatic rings. The lowest BCUT2D eigenvalue weighted by Crippen LogP contribution is -2.15. The number of rotatable bonds is 4.